The molecule has 1 rings (SSSR count). The van der Waals surface area contributed by atoms with Gasteiger partial charge in [0.2, 0.25) is 0 Å². The summed E-state index contributed by atoms with van der Waals surface area (Å²) in [6.45, 7) is 15.7. The third-order valence-electron chi connectivity index (χ3n) is 4.27. The summed E-state index contributed by atoms with van der Waals surface area (Å²) in [6, 6.07) is 0. The van der Waals surface area contributed by atoms with Crippen molar-refractivity contribution < 1.29 is 0 Å². The second-order valence-corrected chi connectivity index (χ2v) is 5.29. The maximum atomic E-state index is 2.62. The molecule has 14 heavy (non-hydrogen) atoms. The first-order chi connectivity index (χ1) is 6.60. The highest BCUT2D eigenvalue weighted by Gasteiger charge is 2.34. The molecule has 0 spiro atoms. The molecule has 0 aromatic rings. The van der Waals surface area contributed by atoms with Gasteiger partial charge in [0.15, 0.2) is 0 Å². The second kappa shape index (κ2) is 5.16. The van der Waals surface area contributed by atoms with Gasteiger partial charge in [-0.3, -0.25) is 0 Å². The topological polar surface area (TPSA) is 3.24 Å². The van der Waals surface area contributed by atoms with Crippen molar-refractivity contribution in [2.24, 2.45) is 23.7 Å². The highest BCUT2D eigenvalue weighted by atomic mass is 15.1. The fraction of sp³-hybridized carbons (Fsp3) is 1.00. The van der Waals surface area contributed by atoms with Crippen molar-refractivity contribution >= 4 is 0 Å². The van der Waals surface area contributed by atoms with Crippen LogP contribution in [0.15, 0.2) is 0 Å². The van der Waals surface area contributed by atoms with Crippen molar-refractivity contribution in [2.45, 2.75) is 41.0 Å². The number of hydrogen-bond donors (Lipinski definition) is 0. The van der Waals surface area contributed by atoms with Crippen LogP contribution in [0.25, 0.3) is 0 Å². The van der Waals surface area contributed by atoms with E-state index in [1.54, 1.807) is 0 Å². The highest BCUT2D eigenvalue weighted by Crippen LogP contribution is 2.34. The third-order valence-corrected chi connectivity index (χ3v) is 4.27. The Morgan fingerprint density at radius 1 is 1.14 bits per heavy atom. The van der Waals surface area contributed by atoms with Crippen molar-refractivity contribution in [1.29, 1.82) is 0 Å². The molecule has 0 saturated carbocycles. The van der Waals surface area contributed by atoms with Crippen molar-refractivity contribution in [3.05, 3.63) is 0 Å². The Morgan fingerprint density at radius 2 is 1.79 bits per heavy atom. The van der Waals surface area contributed by atoms with E-state index in [1.165, 1.54) is 26.1 Å². The van der Waals surface area contributed by atoms with Gasteiger partial charge in [-0.25, -0.2) is 0 Å². The van der Waals surface area contributed by atoms with E-state index >= 15 is 0 Å². The number of rotatable bonds is 4. The predicted molar refractivity (Wildman–Crippen MR) is 63.4 cm³/mol. The van der Waals surface area contributed by atoms with Gasteiger partial charge < -0.3 is 4.90 Å². The Hall–Kier alpha value is -0.0400. The average Bonchev–Trinajstić information content (AvgIpc) is 2.59. The Labute approximate surface area is 89.9 Å². The zero-order valence-electron chi connectivity index (χ0n) is 10.6. The second-order valence-electron chi connectivity index (χ2n) is 5.29. The third kappa shape index (κ3) is 2.50. The molecule has 1 nitrogen and oxygen atoms in total. The summed E-state index contributed by atoms with van der Waals surface area (Å²) < 4.78 is 0. The maximum absolute atomic E-state index is 2.62. The van der Waals surface area contributed by atoms with Gasteiger partial charge in [-0.15, -0.1) is 0 Å². The number of nitrogens with zero attached hydrogens (tertiary/aromatic N) is 1. The lowest BCUT2D eigenvalue weighted by Crippen LogP contribution is -2.25. The summed E-state index contributed by atoms with van der Waals surface area (Å²) in [5.41, 5.74) is 0. The SMILES string of the molecule is CCC1CN(CC)CC1C(C)C(C)C. The molecule has 1 saturated heterocycles. The smallest absolute Gasteiger partial charge is 0.00154 e. The zero-order valence-corrected chi connectivity index (χ0v) is 10.6. The molecule has 0 aromatic heterocycles. The molecule has 3 atom stereocenters. The summed E-state index contributed by atoms with van der Waals surface area (Å²) in [7, 11) is 0. The van der Waals surface area contributed by atoms with Crippen molar-refractivity contribution in [2.75, 3.05) is 19.6 Å². The van der Waals surface area contributed by atoms with E-state index in [0.29, 0.717) is 0 Å². The molecular formula is C13H27N. The van der Waals surface area contributed by atoms with E-state index in [1.807, 2.05) is 0 Å². The first kappa shape index (κ1) is 12.0. The highest BCUT2D eigenvalue weighted by molar-refractivity contribution is 4.86. The lowest BCUT2D eigenvalue weighted by molar-refractivity contribution is 0.229. The van der Waals surface area contributed by atoms with E-state index in [2.05, 4.69) is 39.5 Å². The van der Waals surface area contributed by atoms with Gasteiger partial charge in [0, 0.05) is 13.1 Å². The van der Waals surface area contributed by atoms with Gasteiger partial charge in [-0.1, -0.05) is 41.0 Å². The van der Waals surface area contributed by atoms with Crippen LogP contribution in [-0.4, -0.2) is 24.5 Å². The number of hydrogen-bond acceptors (Lipinski definition) is 1. The van der Waals surface area contributed by atoms with Crippen LogP contribution in [0.4, 0.5) is 0 Å². The van der Waals surface area contributed by atoms with E-state index in [9.17, 15) is 0 Å². The van der Waals surface area contributed by atoms with Gasteiger partial charge in [0.1, 0.15) is 0 Å². The molecule has 1 heteroatoms. The van der Waals surface area contributed by atoms with Gasteiger partial charge in [-0.2, -0.15) is 0 Å². The molecule has 0 bridgehead atoms. The summed E-state index contributed by atoms with van der Waals surface area (Å²) in [4.78, 5) is 2.62. The first-order valence-corrected chi connectivity index (χ1v) is 6.32. The summed E-state index contributed by atoms with van der Waals surface area (Å²) >= 11 is 0. The molecule has 1 aliphatic heterocycles. The normalized spacial score (nSPS) is 31.3. The Morgan fingerprint density at radius 3 is 2.21 bits per heavy atom. The fourth-order valence-electron chi connectivity index (χ4n) is 2.77. The number of likely N-dealkylation sites (tertiary alicyclic amines) is 1. The predicted octanol–water partition coefficient (Wildman–Crippen LogP) is 3.26. The molecule has 1 fully saturated rings. The van der Waals surface area contributed by atoms with Gasteiger partial charge in [0.05, 0.1) is 0 Å². The monoisotopic (exact) mass is 197 g/mol. The zero-order chi connectivity index (χ0) is 10.7. The molecule has 0 radical (unpaired) electrons. The minimum absolute atomic E-state index is 0.839. The van der Waals surface area contributed by atoms with Crippen LogP contribution in [0.5, 0.6) is 0 Å². The van der Waals surface area contributed by atoms with Crippen LogP contribution in [0, 0.1) is 23.7 Å². The quantitative estimate of drug-likeness (QED) is 0.668. The summed E-state index contributed by atoms with van der Waals surface area (Å²) in [5, 5.41) is 0. The summed E-state index contributed by atoms with van der Waals surface area (Å²) in [6.07, 6.45) is 1.36. The van der Waals surface area contributed by atoms with Gasteiger partial charge in [-0.05, 0) is 30.2 Å². The minimum atomic E-state index is 0.839. The van der Waals surface area contributed by atoms with E-state index in [-0.39, 0.29) is 0 Å². The molecule has 0 N–H and O–H groups in total. The molecular weight excluding hydrogens is 170 g/mol. The van der Waals surface area contributed by atoms with Crippen molar-refractivity contribution in [3.63, 3.8) is 0 Å². The molecule has 1 heterocycles. The lowest BCUT2D eigenvalue weighted by Gasteiger charge is -2.27. The standard InChI is InChI=1S/C13H27N/c1-6-12-8-14(7-2)9-13(12)11(5)10(3)4/h10-13H,6-9H2,1-5H3. The van der Waals surface area contributed by atoms with Gasteiger partial charge in [0.25, 0.3) is 0 Å². The van der Waals surface area contributed by atoms with Crippen LogP contribution in [0.1, 0.15) is 41.0 Å². The summed E-state index contributed by atoms with van der Waals surface area (Å²) in [5.74, 6) is 3.62. The lowest BCUT2D eigenvalue weighted by atomic mass is 9.78. The molecule has 1 aliphatic rings. The van der Waals surface area contributed by atoms with Crippen molar-refractivity contribution in [1.82, 2.24) is 4.90 Å². The van der Waals surface area contributed by atoms with Crippen LogP contribution < -0.4 is 0 Å². The molecule has 0 aliphatic carbocycles. The van der Waals surface area contributed by atoms with E-state index in [0.717, 1.165) is 23.7 Å². The Balaban J connectivity index is 2.58. The largest absolute Gasteiger partial charge is 0.303 e. The average molecular weight is 197 g/mol. The Bertz CT molecular complexity index is 165. The maximum Gasteiger partial charge on any atom is 0.00154 e. The first-order valence-electron chi connectivity index (χ1n) is 6.32. The van der Waals surface area contributed by atoms with Crippen LogP contribution in [-0.2, 0) is 0 Å². The molecule has 84 valence electrons. The fourth-order valence-corrected chi connectivity index (χ4v) is 2.77. The minimum Gasteiger partial charge on any atom is -0.303 e. The van der Waals surface area contributed by atoms with Crippen LogP contribution >= 0.6 is 0 Å². The molecule has 3 unspecified atom stereocenters. The van der Waals surface area contributed by atoms with E-state index in [4.69, 9.17) is 0 Å². The molecule has 0 aromatic carbocycles. The van der Waals surface area contributed by atoms with E-state index < -0.39 is 0 Å². The van der Waals surface area contributed by atoms with Crippen molar-refractivity contribution in [3.8, 4) is 0 Å². The van der Waals surface area contributed by atoms with Crippen LogP contribution in [0.2, 0.25) is 0 Å². The van der Waals surface area contributed by atoms with Gasteiger partial charge >= 0.3 is 0 Å². The Kier molecular flexibility index (Phi) is 4.43. The van der Waals surface area contributed by atoms with Crippen LogP contribution in [0.3, 0.4) is 0 Å². The molecule has 0 amide bonds.